The van der Waals surface area contributed by atoms with Gasteiger partial charge in [0.15, 0.2) is 5.82 Å². The molecule has 0 aliphatic carbocycles. The highest BCUT2D eigenvalue weighted by atomic mass is 19.4. The number of H-pyrrole nitrogens is 1. The van der Waals surface area contributed by atoms with Crippen molar-refractivity contribution in [2.45, 2.75) is 69.0 Å². The maximum atomic E-state index is 16.8. The van der Waals surface area contributed by atoms with E-state index in [4.69, 9.17) is 4.74 Å². The van der Waals surface area contributed by atoms with Gasteiger partial charge in [0.1, 0.15) is 29.9 Å². The molecule has 0 spiro atoms. The summed E-state index contributed by atoms with van der Waals surface area (Å²) in [6.45, 7) is 3.43. The maximum Gasteiger partial charge on any atom is 0.417 e. The molecule has 2 aromatic heterocycles. The Morgan fingerprint density at radius 3 is 2.58 bits per heavy atom. The molecule has 2 bridgehead atoms. The number of ether oxygens (including phenoxy) is 1. The van der Waals surface area contributed by atoms with Gasteiger partial charge in [-0.25, -0.2) is 13.2 Å². The quantitative estimate of drug-likeness (QED) is 0.275. The van der Waals surface area contributed by atoms with Gasteiger partial charge in [0.05, 0.1) is 28.4 Å². The summed E-state index contributed by atoms with van der Waals surface area (Å²) in [5.74, 6) is -2.17. The van der Waals surface area contributed by atoms with E-state index >= 15 is 8.78 Å². The van der Waals surface area contributed by atoms with Crippen molar-refractivity contribution in [2.75, 3.05) is 37.7 Å². The third-order valence-electron chi connectivity index (χ3n) is 10.1. The van der Waals surface area contributed by atoms with Crippen LogP contribution in [0.4, 0.5) is 32.2 Å². The zero-order valence-corrected chi connectivity index (χ0v) is 24.4. The van der Waals surface area contributed by atoms with Crippen molar-refractivity contribution < 1.29 is 31.1 Å². The largest absolute Gasteiger partial charge is 0.461 e. The van der Waals surface area contributed by atoms with Gasteiger partial charge in [0.2, 0.25) is 0 Å². The predicted octanol–water partition coefficient (Wildman–Crippen LogP) is 5.67. The van der Waals surface area contributed by atoms with Gasteiger partial charge in [-0.1, -0.05) is 0 Å². The van der Waals surface area contributed by atoms with Crippen LogP contribution in [-0.2, 0) is 6.18 Å². The highest BCUT2D eigenvalue weighted by molar-refractivity contribution is 6.01. The van der Waals surface area contributed by atoms with E-state index < -0.39 is 46.2 Å². The molecular formula is C31H31F6N7O. The summed E-state index contributed by atoms with van der Waals surface area (Å²) < 4.78 is 96.9. The number of fused-ring (bicyclic) bond motifs is 5. The van der Waals surface area contributed by atoms with E-state index in [1.807, 2.05) is 4.90 Å². The number of piperazine rings is 1. The monoisotopic (exact) mass is 631 g/mol. The minimum Gasteiger partial charge on any atom is -0.461 e. The lowest BCUT2D eigenvalue weighted by atomic mass is 9.91. The number of aryl methyl sites for hydroxylation is 1. The van der Waals surface area contributed by atoms with Crippen LogP contribution < -0.4 is 15.0 Å². The minimum atomic E-state index is -4.91. The average molecular weight is 632 g/mol. The number of nitrogens with zero attached hydrogens (tertiary/aromatic N) is 5. The number of halogens is 6. The van der Waals surface area contributed by atoms with Crippen molar-refractivity contribution in [3.05, 3.63) is 41.1 Å². The minimum absolute atomic E-state index is 0.0393. The summed E-state index contributed by atoms with van der Waals surface area (Å²) in [6.07, 6.45) is -0.967. The van der Waals surface area contributed by atoms with Gasteiger partial charge >= 0.3 is 12.2 Å². The molecule has 0 saturated carbocycles. The summed E-state index contributed by atoms with van der Waals surface area (Å²) in [5, 5.41) is 9.95. The number of rotatable bonds is 5. The molecule has 0 radical (unpaired) electrons. The third kappa shape index (κ3) is 4.62. The number of anilines is 1. The molecule has 8 nitrogen and oxygen atoms in total. The highest BCUT2D eigenvalue weighted by Crippen LogP contribution is 2.47. The lowest BCUT2D eigenvalue weighted by Crippen LogP contribution is -2.51. The van der Waals surface area contributed by atoms with Crippen LogP contribution in [0.25, 0.3) is 32.9 Å². The van der Waals surface area contributed by atoms with Crippen LogP contribution >= 0.6 is 0 Å². The van der Waals surface area contributed by atoms with Crippen molar-refractivity contribution in [1.82, 2.24) is 30.4 Å². The van der Waals surface area contributed by atoms with E-state index in [2.05, 4.69) is 30.4 Å². The van der Waals surface area contributed by atoms with Gasteiger partial charge < -0.3 is 15.0 Å². The van der Waals surface area contributed by atoms with E-state index in [1.165, 1.54) is 13.0 Å². The topological polar surface area (TPSA) is 82.2 Å². The number of hydrogen-bond acceptors (Lipinski definition) is 7. The number of benzene rings is 2. The second-order valence-corrected chi connectivity index (χ2v) is 13.0. The molecule has 45 heavy (non-hydrogen) atoms. The molecule has 2 aromatic carbocycles. The number of nitrogens with one attached hydrogen (secondary N) is 2. The van der Waals surface area contributed by atoms with Crippen LogP contribution in [0.3, 0.4) is 0 Å². The van der Waals surface area contributed by atoms with Gasteiger partial charge in [-0.15, -0.1) is 0 Å². The Bertz CT molecular complexity index is 1820. The molecule has 4 aliphatic heterocycles. The molecule has 4 fully saturated rings. The molecule has 6 heterocycles. The molecule has 4 saturated heterocycles. The lowest BCUT2D eigenvalue weighted by Gasteiger charge is -2.34. The normalized spacial score (nSPS) is 26.8. The molecule has 0 amide bonds. The lowest BCUT2D eigenvalue weighted by molar-refractivity contribution is -0.137. The molecule has 8 rings (SSSR count). The Hall–Kier alpha value is -3.65. The van der Waals surface area contributed by atoms with Crippen molar-refractivity contribution in [1.29, 1.82) is 0 Å². The summed E-state index contributed by atoms with van der Waals surface area (Å²) >= 11 is 0. The van der Waals surface area contributed by atoms with Crippen LogP contribution in [0.1, 0.15) is 43.2 Å². The van der Waals surface area contributed by atoms with Gasteiger partial charge in [0.25, 0.3) is 0 Å². The van der Waals surface area contributed by atoms with Crippen LogP contribution in [0.5, 0.6) is 6.01 Å². The molecule has 4 aliphatic rings. The molecule has 2 N–H and O–H groups in total. The first-order valence-electron chi connectivity index (χ1n) is 15.3. The Morgan fingerprint density at radius 2 is 1.82 bits per heavy atom. The zero-order valence-electron chi connectivity index (χ0n) is 24.4. The van der Waals surface area contributed by atoms with Crippen molar-refractivity contribution in [2.24, 2.45) is 0 Å². The van der Waals surface area contributed by atoms with Gasteiger partial charge in [0, 0.05) is 54.5 Å². The van der Waals surface area contributed by atoms with Crippen LogP contribution in [0.2, 0.25) is 0 Å². The molecule has 4 aromatic rings. The fourth-order valence-electron chi connectivity index (χ4n) is 8.16. The number of aromatic nitrogens is 4. The third-order valence-corrected chi connectivity index (χ3v) is 10.1. The molecule has 0 unspecified atom stereocenters. The smallest absolute Gasteiger partial charge is 0.417 e. The van der Waals surface area contributed by atoms with Gasteiger partial charge in [-0.3, -0.25) is 10.00 Å². The van der Waals surface area contributed by atoms with Crippen molar-refractivity contribution in [3.63, 3.8) is 0 Å². The maximum absolute atomic E-state index is 16.8. The summed E-state index contributed by atoms with van der Waals surface area (Å²) in [7, 11) is 0. The average Bonchev–Trinajstić information content (AvgIpc) is 3.74. The Kier molecular flexibility index (Phi) is 6.51. The van der Waals surface area contributed by atoms with Crippen LogP contribution in [-0.4, -0.2) is 81.6 Å². The first-order chi connectivity index (χ1) is 21.5. The second-order valence-electron chi connectivity index (χ2n) is 13.0. The molecular weight excluding hydrogens is 600 g/mol. The first kappa shape index (κ1) is 28.8. The SMILES string of the molecule is Cc1cc2[nH]ncc2c(-c2c(F)cc3c(N4C[C@H]5CC[C@@H](C4)N5)nc(OC[C@@]45CCCN4C[C@H](F)C5)nc3c2F)c1C(F)(F)F. The summed E-state index contributed by atoms with van der Waals surface area (Å²) in [4.78, 5) is 13.0. The number of alkyl halides is 4. The van der Waals surface area contributed by atoms with E-state index in [1.54, 1.807) is 0 Å². The summed E-state index contributed by atoms with van der Waals surface area (Å²) in [5.41, 5.74) is -3.53. The van der Waals surface area contributed by atoms with Crippen LogP contribution in [0, 0.1) is 18.6 Å². The molecule has 4 atom stereocenters. The first-order valence-corrected chi connectivity index (χ1v) is 15.3. The Labute approximate surface area is 254 Å². The van der Waals surface area contributed by atoms with Gasteiger partial charge in [-0.2, -0.15) is 28.2 Å². The van der Waals surface area contributed by atoms with E-state index in [9.17, 15) is 17.6 Å². The predicted molar refractivity (Wildman–Crippen MR) is 155 cm³/mol. The standard InChI is InChI=1S/C31H31F6N7O/c1-15-7-22-20(10-38-42-22)23(25(15)31(35,36)37)24-21(33)8-19-27(26(24)34)40-29(41-28(19)43-12-17-3-4-18(13-43)39-17)45-14-30-5-2-6-44(30)11-16(32)9-30/h7-8,10,16-18,39H,2-6,9,11-14H2,1H3,(H,38,42)/t16-,17-,18+,30+/m1/s1. The van der Waals surface area contributed by atoms with E-state index in [-0.39, 0.29) is 57.9 Å². The van der Waals surface area contributed by atoms with Crippen molar-refractivity contribution >= 4 is 27.6 Å². The van der Waals surface area contributed by atoms with Crippen LogP contribution in [0.15, 0.2) is 18.3 Å². The molecule has 14 heteroatoms. The second kappa shape index (κ2) is 10.2. The fraction of sp³-hybridized carbons (Fsp3) is 0.516. The Balaban J connectivity index is 1.31. The number of aromatic amines is 1. The van der Waals surface area contributed by atoms with Crippen molar-refractivity contribution in [3.8, 4) is 17.1 Å². The number of hydrogen-bond donors (Lipinski definition) is 2. The molecule has 238 valence electrons. The zero-order chi connectivity index (χ0) is 31.2. The van der Waals surface area contributed by atoms with E-state index in [0.717, 1.165) is 44.5 Å². The summed E-state index contributed by atoms with van der Waals surface area (Å²) in [6, 6.07) is 2.42. The van der Waals surface area contributed by atoms with E-state index in [0.29, 0.717) is 26.1 Å². The van der Waals surface area contributed by atoms with Gasteiger partial charge in [-0.05, 0) is 56.8 Å². The Morgan fingerprint density at radius 1 is 1.04 bits per heavy atom. The fourth-order valence-corrected chi connectivity index (χ4v) is 8.16. The highest BCUT2D eigenvalue weighted by Gasteiger charge is 2.49.